The largest absolute Gasteiger partial charge is 0.506 e. The molecule has 3 heteroatoms. The van der Waals surface area contributed by atoms with Crippen molar-refractivity contribution in [3.05, 3.63) is 53.6 Å². The molecule has 190 valence electrons. The van der Waals surface area contributed by atoms with E-state index in [1.54, 1.807) is 6.07 Å². The standard InChI is InChI=1S/C31H49NO2/c1-4-5-6-7-8-9-10-11-12-13-14-15-16-20-23-34-30-25-29(33)28(32)24-27(30)31(2,3)26-21-18-17-19-22-26/h17-19,21-22,24-25,33H,4-16,20,23,32H2,1-3H3. The lowest BCUT2D eigenvalue weighted by Gasteiger charge is -2.29. The minimum Gasteiger partial charge on any atom is -0.506 e. The highest BCUT2D eigenvalue weighted by atomic mass is 16.5. The molecule has 0 bridgehead atoms. The summed E-state index contributed by atoms with van der Waals surface area (Å²) in [5.41, 5.74) is 8.38. The van der Waals surface area contributed by atoms with Crippen LogP contribution in [0, 0.1) is 0 Å². The van der Waals surface area contributed by atoms with E-state index in [9.17, 15) is 5.11 Å². The van der Waals surface area contributed by atoms with E-state index in [4.69, 9.17) is 10.5 Å². The topological polar surface area (TPSA) is 55.5 Å². The first-order valence-corrected chi connectivity index (χ1v) is 13.8. The van der Waals surface area contributed by atoms with E-state index in [0.29, 0.717) is 12.3 Å². The van der Waals surface area contributed by atoms with Gasteiger partial charge in [0.05, 0.1) is 12.3 Å². The zero-order chi connectivity index (χ0) is 24.7. The van der Waals surface area contributed by atoms with E-state index in [1.807, 2.05) is 12.1 Å². The minimum atomic E-state index is -0.270. The van der Waals surface area contributed by atoms with Gasteiger partial charge in [0.15, 0.2) is 0 Å². The van der Waals surface area contributed by atoms with E-state index >= 15 is 0 Å². The molecule has 2 rings (SSSR count). The van der Waals surface area contributed by atoms with Gasteiger partial charge in [0.2, 0.25) is 0 Å². The van der Waals surface area contributed by atoms with Gasteiger partial charge in [-0.05, 0) is 18.1 Å². The number of benzene rings is 2. The number of aromatic hydroxyl groups is 1. The molecule has 0 heterocycles. The number of unbranched alkanes of at least 4 members (excludes halogenated alkanes) is 13. The average molecular weight is 468 g/mol. The van der Waals surface area contributed by atoms with Crippen LogP contribution in [-0.2, 0) is 5.41 Å². The van der Waals surface area contributed by atoms with Crippen LogP contribution in [0.4, 0.5) is 5.69 Å². The van der Waals surface area contributed by atoms with Crippen LogP contribution in [0.2, 0.25) is 0 Å². The van der Waals surface area contributed by atoms with Crippen molar-refractivity contribution in [3.63, 3.8) is 0 Å². The maximum absolute atomic E-state index is 10.2. The molecule has 2 aromatic rings. The smallest absolute Gasteiger partial charge is 0.142 e. The number of hydrogen-bond donors (Lipinski definition) is 2. The molecule has 0 unspecified atom stereocenters. The molecular formula is C31H49NO2. The quantitative estimate of drug-likeness (QED) is 0.130. The van der Waals surface area contributed by atoms with Crippen LogP contribution in [0.3, 0.4) is 0 Å². The molecule has 0 radical (unpaired) electrons. The fourth-order valence-corrected chi connectivity index (χ4v) is 4.68. The number of anilines is 1. The molecule has 3 nitrogen and oxygen atoms in total. The van der Waals surface area contributed by atoms with Crippen LogP contribution in [-0.4, -0.2) is 11.7 Å². The zero-order valence-corrected chi connectivity index (χ0v) is 22.1. The van der Waals surface area contributed by atoms with Gasteiger partial charge in [-0.3, -0.25) is 0 Å². The molecule has 0 amide bonds. The fourth-order valence-electron chi connectivity index (χ4n) is 4.68. The summed E-state index contributed by atoms with van der Waals surface area (Å²) < 4.78 is 6.17. The third-order valence-corrected chi connectivity index (χ3v) is 7.05. The molecule has 2 aromatic carbocycles. The molecule has 0 fully saturated rings. The lowest BCUT2D eigenvalue weighted by atomic mass is 9.77. The number of hydrogen-bond acceptors (Lipinski definition) is 3. The Labute approximate surface area is 209 Å². The number of nitrogens with two attached hydrogens (primary N) is 1. The zero-order valence-electron chi connectivity index (χ0n) is 22.1. The van der Waals surface area contributed by atoms with Crippen LogP contribution in [0.5, 0.6) is 11.5 Å². The Bertz CT molecular complexity index is 801. The Morgan fingerprint density at radius 1 is 0.735 bits per heavy atom. The molecule has 0 aliphatic carbocycles. The molecule has 0 atom stereocenters. The summed E-state index contributed by atoms with van der Waals surface area (Å²) in [6, 6.07) is 13.9. The number of ether oxygens (including phenoxy) is 1. The Balaban J connectivity index is 1.66. The third-order valence-electron chi connectivity index (χ3n) is 7.05. The summed E-state index contributed by atoms with van der Waals surface area (Å²) in [4.78, 5) is 0. The highest BCUT2D eigenvalue weighted by Gasteiger charge is 2.28. The highest BCUT2D eigenvalue weighted by molar-refractivity contribution is 5.61. The maximum atomic E-state index is 10.2. The van der Waals surface area contributed by atoms with Crippen molar-refractivity contribution < 1.29 is 9.84 Å². The Morgan fingerprint density at radius 3 is 1.76 bits per heavy atom. The first-order valence-electron chi connectivity index (χ1n) is 13.8. The van der Waals surface area contributed by atoms with Crippen molar-refractivity contribution in [1.82, 2.24) is 0 Å². The maximum Gasteiger partial charge on any atom is 0.142 e. The van der Waals surface area contributed by atoms with Gasteiger partial charge in [-0.15, -0.1) is 0 Å². The van der Waals surface area contributed by atoms with Crippen molar-refractivity contribution in [3.8, 4) is 11.5 Å². The third kappa shape index (κ3) is 9.60. The molecule has 0 aliphatic heterocycles. The number of rotatable bonds is 18. The Morgan fingerprint density at radius 2 is 1.24 bits per heavy atom. The van der Waals surface area contributed by atoms with Gasteiger partial charge < -0.3 is 15.6 Å². The summed E-state index contributed by atoms with van der Waals surface area (Å²) >= 11 is 0. The van der Waals surface area contributed by atoms with Crippen molar-refractivity contribution in [1.29, 1.82) is 0 Å². The van der Waals surface area contributed by atoms with E-state index in [1.165, 1.54) is 89.0 Å². The molecule has 0 saturated carbocycles. The second-order valence-corrected chi connectivity index (χ2v) is 10.3. The number of nitrogen functional groups attached to an aromatic ring is 1. The van der Waals surface area contributed by atoms with Gasteiger partial charge in [0, 0.05) is 17.0 Å². The van der Waals surface area contributed by atoms with Crippen molar-refractivity contribution >= 4 is 5.69 Å². The summed E-state index contributed by atoms with van der Waals surface area (Å²) in [5.74, 6) is 0.818. The molecule has 0 aromatic heterocycles. The lowest BCUT2D eigenvalue weighted by Crippen LogP contribution is -2.20. The average Bonchev–Trinajstić information content (AvgIpc) is 2.84. The minimum absolute atomic E-state index is 0.0866. The van der Waals surface area contributed by atoms with Crippen LogP contribution in [0.15, 0.2) is 42.5 Å². The van der Waals surface area contributed by atoms with E-state index in [-0.39, 0.29) is 11.2 Å². The van der Waals surface area contributed by atoms with Gasteiger partial charge in [0.1, 0.15) is 11.5 Å². The number of phenols is 1. The highest BCUT2D eigenvalue weighted by Crippen LogP contribution is 2.41. The fraction of sp³-hybridized carbons (Fsp3) is 0.613. The molecule has 0 saturated heterocycles. The SMILES string of the molecule is CCCCCCCCCCCCCCCCOc1cc(O)c(N)cc1C(C)(C)c1ccccc1. The van der Waals surface area contributed by atoms with Crippen molar-refractivity contribution in [2.45, 2.75) is 116 Å². The second kappa shape index (κ2) is 15.7. The Kier molecular flexibility index (Phi) is 13.0. The number of phenolic OH excluding ortho intramolecular Hbond substituents is 1. The Hall–Kier alpha value is -2.16. The van der Waals surface area contributed by atoms with Gasteiger partial charge in [-0.2, -0.15) is 0 Å². The van der Waals surface area contributed by atoms with E-state index < -0.39 is 0 Å². The van der Waals surface area contributed by atoms with Crippen LogP contribution >= 0.6 is 0 Å². The van der Waals surface area contributed by atoms with Crippen molar-refractivity contribution in [2.75, 3.05) is 12.3 Å². The summed E-state index contributed by atoms with van der Waals surface area (Å²) in [6.07, 6.45) is 18.8. The van der Waals surface area contributed by atoms with Crippen LogP contribution < -0.4 is 10.5 Å². The monoisotopic (exact) mass is 467 g/mol. The normalized spacial score (nSPS) is 11.6. The lowest BCUT2D eigenvalue weighted by molar-refractivity contribution is 0.296. The predicted octanol–water partition coefficient (Wildman–Crippen LogP) is 9.16. The summed E-state index contributed by atoms with van der Waals surface area (Å²) in [6.45, 7) is 7.29. The summed E-state index contributed by atoms with van der Waals surface area (Å²) in [5, 5.41) is 10.2. The van der Waals surface area contributed by atoms with Gasteiger partial charge >= 0.3 is 0 Å². The molecule has 0 aliphatic rings. The van der Waals surface area contributed by atoms with E-state index in [0.717, 1.165) is 17.7 Å². The molecular weight excluding hydrogens is 418 g/mol. The summed E-state index contributed by atoms with van der Waals surface area (Å²) in [7, 11) is 0. The van der Waals surface area contributed by atoms with Gasteiger partial charge in [0.25, 0.3) is 0 Å². The van der Waals surface area contributed by atoms with Crippen molar-refractivity contribution in [2.24, 2.45) is 0 Å². The van der Waals surface area contributed by atoms with Crippen LogP contribution in [0.25, 0.3) is 0 Å². The molecule has 34 heavy (non-hydrogen) atoms. The second-order valence-electron chi connectivity index (χ2n) is 10.3. The van der Waals surface area contributed by atoms with E-state index in [2.05, 4.69) is 45.0 Å². The first-order chi connectivity index (χ1) is 16.5. The van der Waals surface area contributed by atoms with Gasteiger partial charge in [-0.1, -0.05) is 135 Å². The first kappa shape index (κ1) is 28.1. The van der Waals surface area contributed by atoms with Crippen LogP contribution in [0.1, 0.15) is 122 Å². The predicted molar refractivity (Wildman–Crippen MR) is 147 cm³/mol. The van der Waals surface area contributed by atoms with Gasteiger partial charge in [-0.25, -0.2) is 0 Å². The molecule has 0 spiro atoms. The molecule has 3 N–H and O–H groups in total.